The second-order valence-electron chi connectivity index (χ2n) is 7.32. The molecule has 132 valence electrons. The highest BCUT2D eigenvalue weighted by Crippen LogP contribution is 2.52. The van der Waals surface area contributed by atoms with E-state index in [1.807, 2.05) is 25.1 Å². The van der Waals surface area contributed by atoms with Crippen molar-refractivity contribution in [2.75, 3.05) is 33.7 Å². The Morgan fingerprint density at radius 3 is 2.62 bits per heavy atom. The fourth-order valence-corrected chi connectivity index (χ4v) is 4.42. The van der Waals surface area contributed by atoms with Gasteiger partial charge in [-0.05, 0) is 44.5 Å². The molecule has 1 spiro atoms. The number of likely N-dealkylation sites (N-methyl/N-ethyl adjacent to an activating group) is 1. The van der Waals surface area contributed by atoms with Crippen LogP contribution in [0.2, 0.25) is 0 Å². The molecule has 0 unspecified atom stereocenters. The largest absolute Gasteiger partial charge is 0.390 e. The number of fused-ring (bicyclic) bond motifs is 2. The molecule has 1 saturated heterocycles. The maximum Gasteiger partial charge on any atom is 0.317 e. The van der Waals surface area contributed by atoms with Crippen LogP contribution in [0.5, 0.6) is 0 Å². The molecule has 24 heavy (non-hydrogen) atoms. The number of carbonyl (C=O) groups excluding carboxylic acids is 1. The number of nitrogens with one attached hydrogen (secondary N) is 1. The topological polar surface area (TPSA) is 55.8 Å². The minimum atomic E-state index is -0.425. The number of aliphatic hydroxyl groups is 1. The Bertz CT molecular complexity index is 594. The van der Waals surface area contributed by atoms with Gasteiger partial charge in [-0.25, -0.2) is 4.79 Å². The lowest BCUT2D eigenvalue weighted by atomic mass is 9.72. The van der Waals surface area contributed by atoms with Crippen molar-refractivity contribution in [3.63, 3.8) is 0 Å². The van der Waals surface area contributed by atoms with Gasteiger partial charge in [-0.1, -0.05) is 31.2 Å². The Hall–Kier alpha value is -1.59. The minimum absolute atomic E-state index is 0.0247. The molecule has 1 aromatic carbocycles. The predicted octanol–water partition coefficient (Wildman–Crippen LogP) is 2.12. The van der Waals surface area contributed by atoms with Gasteiger partial charge in [0.15, 0.2) is 0 Å². The van der Waals surface area contributed by atoms with Gasteiger partial charge in [0.1, 0.15) is 0 Å². The lowest BCUT2D eigenvalue weighted by Gasteiger charge is -2.43. The van der Waals surface area contributed by atoms with Gasteiger partial charge >= 0.3 is 6.03 Å². The van der Waals surface area contributed by atoms with Gasteiger partial charge < -0.3 is 20.2 Å². The van der Waals surface area contributed by atoms with E-state index in [1.165, 1.54) is 11.1 Å². The van der Waals surface area contributed by atoms with Gasteiger partial charge in [0.2, 0.25) is 0 Å². The molecule has 5 nitrogen and oxygen atoms in total. The number of amides is 2. The summed E-state index contributed by atoms with van der Waals surface area (Å²) >= 11 is 0. The highest BCUT2D eigenvalue weighted by atomic mass is 16.3. The Kier molecular flexibility index (Phi) is 4.83. The molecular formula is C19H29N3O2. The molecule has 2 amide bonds. The number of likely N-dealkylation sites (tertiary alicyclic amines) is 1. The summed E-state index contributed by atoms with van der Waals surface area (Å²) in [7, 11) is 4.05. The molecule has 0 aromatic heterocycles. The van der Waals surface area contributed by atoms with E-state index in [4.69, 9.17) is 0 Å². The first kappa shape index (κ1) is 17.2. The lowest BCUT2D eigenvalue weighted by Crippen LogP contribution is -2.52. The van der Waals surface area contributed by atoms with E-state index in [9.17, 15) is 9.90 Å². The van der Waals surface area contributed by atoms with Crippen molar-refractivity contribution >= 4 is 6.03 Å². The number of piperidine rings is 1. The van der Waals surface area contributed by atoms with E-state index in [0.29, 0.717) is 19.6 Å². The fraction of sp³-hybridized carbons (Fsp3) is 0.632. The number of benzene rings is 1. The Labute approximate surface area is 144 Å². The number of aliphatic hydroxyl groups excluding tert-OH is 1. The average molecular weight is 331 g/mol. The van der Waals surface area contributed by atoms with E-state index in [-0.39, 0.29) is 17.5 Å². The second kappa shape index (κ2) is 6.73. The predicted molar refractivity (Wildman–Crippen MR) is 95.1 cm³/mol. The third kappa shape index (κ3) is 2.70. The summed E-state index contributed by atoms with van der Waals surface area (Å²) in [6, 6.07) is 8.46. The van der Waals surface area contributed by atoms with Crippen LogP contribution < -0.4 is 5.32 Å². The smallest absolute Gasteiger partial charge is 0.317 e. The van der Waals surface area contributed by atoms with Crippen LogP contribution in [0, 0.1) is 0 Å². The SMILES string of the molecule is CCCNC(=O)N1CCC2(CC1)c1ccccc1[C@@H](N(C)C)[C@@H]2O. The highest BCUT2D eigenvalue weighted by molar-refractivity contribution is 5.74. The Morgan fingerprint density at radius 2 is 2.00 bits per heavy atom. The summed E-state index contributed by atoms with van der Waals surface area (Å²) in [5.74, 6) is 0. The van der Waals surface area contributed by atoms with Crippen LogP contribution in [-0.2, 0) is 5.41 Å². The molecular weight excluding hydrogens is 302 g/mol. The number of hydrogen-bond acceptors (Lipinski definition) is 3. The maximum atomic E-state index is 12.2. The monoisotopic (exact) mass is 331 g/mol. The molecule has 1 aliphatic heterocycles. The lowest BCUT2D eigenvalue weighted by molar-refractivity contribution is 0.00228. The number of urea groups is 1. The zero-order valence-electron chi connectivity index (χ0n) is 15.0. The quantitative estimate of drug-likeness (QED) is 0.892. The standard InChI is InChI=1S/C19H29N3O2/c1-4-11-20-18(24)22-12-9-19(10-13-22)15-8-6-5-7-14(15)16(17(19)23)21(2)3/h5-8,16-17,23H,4,9-13H2,1-3H3,(H,20,24)/t16-,17+/m1/s1. The molecule has 2 aliphatic rings. The van der Waals surface area contributed by atoms with Crippen molar-refractivity contribution in [1.29, 1.82) is 0 Å². The van der Waals surface area contributed by atoms with Crippen LogP contribution in [-0.4, -0.2) is 60.8 Å². The van der Waals surface area contributed by atoms with E-state index in [1.54, 1.807) is 0 Å². The Balaban J connectivity index is 1.81. The molecule has 1 fully saturated rings. The van der Waals surface area contributed by atoms with Gasteiger partial charge in [0.25, 0.3) is 0 Å². The van der Waals surface area contributed by atoms with Crippen LogP contribution in [0.3, 0.4) is 0 Å². The first-order chi connectivity index (χ1) is 11.5. The van der Waals surface area contributed by atoms with E-state index < -0.39 is 6.10 Å². The summed E-state index contributed by atoms with van der Waals surface area (Å²) in [6.07, 6.45) is 2.15. The van der Waals surface area contributed by atoms with Gasteiger partial charge in [-0.15, -0.1) is 0 Å². The van der Waals surface area contributed by atoms with Crippen LogP contribution >= 0.6 is 0 Å². The highest BCUT2D eigenvalue weighted by Gasteiger charge is 2.53. The molecule has 5 heteroatoms. The van der Waals surface area contributed by atoms with E-state index in [0.717, 1.165) is 19.3 Å². The minimum Gasteiger partial charge on any atom is -0.390 e. The van der Waals surface area contributed by atoms with E-state index in [2.05, 4.69) is 35.3 Å². The number of nitrogens with zero attached hydrogens (tertiary/aromatic N) is 2. The van der Waals surface area contributed by atoms with Gasteiger partial charge in [-0.3, -0.25) is 0 Å². The van der Waals surface area contributed by atoms with Crippen molar-refractivity contribution < 1.29 is 9.90 Å². The third-order valence-electron chi connectivity index (χ3n) is 5.71. The number of hydrogen-bond donors (Lipinski definition) is 2. The van der Waals surface area contributed by atoms with Crippen LogP contribution in [0.25, 0.3) is 0 Å². The molecule has 0 bridgehead atoms. The molecule has 0 saturated carbocycles. The molecule has 2 atom stereocenters. The fourth-order valence-electron chi connectivity index (χ4n) is 4.42. The van der Waals surface area contributed by atoms with Crippen molar-refractivity contribution in [3.05, 3.63) is 35.4 Å². The van der Waals surface area contributed by atoms with Crippen molar-refractivity contribution in [2.45, 2.75) is 43.7 Å². The van der Waals surface area contributed by atoms with Crippen molar-refractivity contribution in [1.82, 2.24) is 15.1 Å². The molecule has 1 heterocycles. The number of carbonyl (C=O) groups is 1. The summed E-state index contributed by atoms with van der Waals surface area (Å²) < 4.78 is 0. The molecule has 1 aromatic rings. The van der Waals surface area contributed by atoms with Gasteiger partial charge in [0.05, 0.1) is 12.1 Å². The first-order valence-electron chi connectivity index (χ1n) is 8.98. The summed E-state index contributed by atoms with van der Waals surface area (Å²) in [4.78, 5) is 16.2. The summed E-state index contributed by atoms with van der Waals surface area (Å²) in [5.41, 5.74) is 2.27. The molecule has 3 rings (SSSR count). The zero-order chi connectivity index (χ0) is 17.3. The average Bonchev–Trinajstić information content (AvgIpc) is 2.82. The second-order valence-corrected chi connectivity index (χ2v) is 7.32. The third-order valence-corrected chi connectivity index (χ3v) is 5.71. The van der Waals surface area contributed by atoms with Crippen LogP contribution in [0.1, 0.15) is 43.4 Å². The maximum absolute atomic E-state index is 12.2. The van der Waals surface area contributed by atoms with E-state index >= 15 is 0 Å². The summed E-state index contributed by atoms with van der Waals surface area (Å²) in [6.45, 7) is 4.16. The Morgan fingerprint density at radius 1 is 1.33 bits per heavy atom. The van der Waals surface area contributed by atoms with Gasteiger partial charge in [0, 0.05) is 25.0 Å². The van der Waals surface area contributed by atoms with Gasteiger partial charge in [-0.2, -0.15) is 0 Å². The first-order valence-corrected chi connectivity index (χ1v) is 8.98. The van der Waals surface area contributed by atoms with Crippen LogP contribution in [0.15, 0.2) is 24.3 Å². The summed E-state index contributed by atoms with van der Waals surface area (Å²) in [5, 5.41) is 14.1. The number of rotatable bonds is 3. The van der Waals surface area contributed by atoms with Crippen LogP contribution in [0.4, 0.5) is 4.79 Å². The van der Waals surface area contributed by atoms with Crippen molar-refractivity contribution in [2.24, 2.45) is 0 Å². The van der Waals surface area contributed by atoms with Crippen molar-refractivity contribution in [3.8, 4) is 0 Å². The molecule has 1 aliphatic carbocycles. The molecule has 2 N–H and O–H groups in total. The normalized spacial score (nSPS) is 25.1. The molecule has 0 radical (unpaired) electrons. The zero-order valence-corrected chi connectivity index (χ0v) is 15.0.